The van der Waals surface area contributed by atoms with Crippen molar-refractivity contribution in [3.63, 3.8) is 0 Å². The molecular formula is C14H10FN3O2S. The summed E-state index contributed by atoms with van der Waals surface area (Å²) in [4.78, 5) is 12.5. The Hall–Kier alpha value is -2.54. The highest BCUT2D eigenvalue weighted by atomic mass is 32.2. The highest BCUT2D eigenvalue weighted by Gasteiger charge is 2.10. The second kappa shape index (κ2) is 5.84. The average Bonchev–Trinajstić information content (AvgIpc) is 2.90. The van der Waals surface area contributed by atoms with Gasteiger partial charge in [0, 0.05) is 4.90 Å². The second-order valence-electron chi connectivity index (χ2n) is 4.14. The standard InChI is InChI=1S/C14H10FN3O2S/c15-9-5-7-10(8-6-9)21-18-14(19)16-13-11-3-1-2-4-12(11)20-17-13/h1-8H,(H2,16,17,18,19). The van der Waals surface area contributed by atoms with Crippen LogP contribution in [0.3, 0.4) is 0 Å². The van der Waals surface area contributed by atoms with E-state index in [0.29, 0.717) is 11.4 Å². The van der Waals surface area contributed by atoms with E-state index < -0.39 is 6.03 Å². The fourth-order valence-corrected chi connectivity index (χ4v) is 2.25. The molecule has 0 unspecified atom stereocenters. The Labute approximate surface area is 123 Å². The van der Waals surface area contributed by atoms with Gasteiger partial charge in [0.2, 0.25) is 0 Å². The lowest BCUT2D eigenvalue weighted by atomic mass is 10.2. The molecule has 0 atom stereocenters. The molecule has 0 saturated heterocycles. The molecular weight excluding hydrogens is 293 g/mol. The molecule has 2 amide bonds. The molecule has 106 valence electrons. The van der Waals surface area contributed by atoms with Crippen molar-refractivity contribution < 1.29 is 13.7 Å². The van der Waals surface area contributed by atoms with Gasteiger partial charge in [-0.2, -0.15) is 0 Å². The summed E-state index contributed by atoms with van der Waals surface area (Å²) in [6.45, 7) is 0. The minimum Gasteiger partial charge on any atom is -0.354 e. The molecule has 5 nitrogen and oxygen atoms in total. The van der Waals surface area contributed by atoms with E-state index in [1.807, 2.05) is 12.1 Å². The number of hydrogen-bond donors (Lipinski definition) is 2. The zero-order valence-corrected chi connectivity index (χ0v) is 11.5. The lowest BCUT2D eigenvalue weighted by molar-refractivity contribution is 0.257. The number of halogens is 1. The van der Waals surface area contributed by atoms with Crippen molar-refractivity contribution in [3.05, 3.63) is 54.3 Å². The van der Waals surface area contributed by atoms with Crippen molar-refractivity contribution >= 4 is 34.8 Å². The van der Waals surface area contributed by atoms with E-state index >= 15 is 0 Å². The number of aromatic nitrogens is 1. The highest BCUT2D eigenvalue weighted by molar-refractivity contribution is 7.98. The fraction of sp³-hybridized carbons (Fsp3) is 0. The molecule has 0 fully saturated rings. The molecule has 0 bridgehead atoms. The number of nitrogens with zero attached hydrogens (tertiary/aromatic N) is 1. The largest absolute Gasteiger partial charge is 0.354 e. The maximum atomic E-state index is 12.8. The summed E-state index contributed by atoms with van der Waals surface area (Å²) in [6.07, 6.45) is 0. The summed E-state index contributed by atoms with van der Waals surface area (Å²) in [6, 6.07) is 12.6. The molecule has 0 saturated carbocycles. The monoisotopic (exact) mass is 303 g/mol. The van der Waals surface area contributed by atoms with Crippen LogP contribution in [0.5, 0.6) is 0 Å². The molecule has 2 aromatic carbocycles. The van der Waals surface area contributed by atoms with Gasteiger partial charge in [-0.1, -0.05) is 17.3 Å². The molecule has 0 spiro atoms. The van der Waals surface area contributed by atoms with E-state index in [1.165, 1.54) is 12.1 Å². The van der Waals surface area contributed by atoms with Crippen molar-refractivity contribution in [3.8, 4) is 0 Å². The summed E-state index contributed by atoms with van der Waals surface area (Å²) >= 11 is 1.08. The molecule has 1 heterocycles. The van der Waals surface area contributed by atoms with Gasteiger partial charge in [0.05, 0.1) is 5.39 Å². The number of nitrogens with one attached hydrogen (secondary N) is 2. The van der Waals surface area contributed by atoms with Crippen LogP contribution in [0.2, 0.25) is 0 Å². The SMILES string of the molecule is O=C(NSc1ccc(F)cc1)Nc1noc2ccccc12. The Morgan fingerprint density at radius 1 is 1.14 bits per heavy atom. The van der Waals surface area contributed by atoms with Gasteiger partial charge in [-0.05, 0) is 48.3 Å². The van der Waals surface area contributed by atoms with Crippen molar-refractivity contribution in [2.45, 2.75) is 4.90 Å². The van der Waals surface area contributed by atoms with Crippen LogP contribution in [-0.2, 0) is 0 Å². The first-order chi connectivity index (χ1) is 10.2. The summed E-state index contributed by atoms with van der Waals surface area (Å²) in [5.74, 6) is 0.0284. The third-order valence-electron chi connectivity index (χ3n) is 2.68. The lowest BCUT2D eigenvalue weighted by Crippen LogP contribution is -2.22. The molecule has 1 aromatic heterocycles. The van der Waals surface area contributed by atoms with Crippen LogP contribution in [0, 0.1) is 5.82 Å². The fourth-order valence-electron chi connectivity index (χ4n) is 1.72. The van der Waals surface area contributed by atoms with E-state index in [4.69, 9.17) is 4.52 Å². The number of rotatable bonds is 3. The Kier molecular flexibility index (Phi) is 3.74. The van der Waals surface area contributed by atoms with E-state index in [2.05, 4.69) is 15.2 Å². The number of carbonyl (C=O) groups is 1. The maximum absolute atomic E-state index is 12.8. The maximum Gasteiger partial charge on any atom is 0.330 e. The number of para-hydroxylation sites is 1. The number of anilines is 1. The minimum atomic E-state index is -0.441. The topological polar surface area (TPSA) is 67.2 Å². The molecule has 0 aliphatic heterocycles. The Bertz CT molecular complexity index is 773. The predicted octanol–water partition coefficient (Wildman–Crippen LogP) is 3.80. The van der Waals surface area contributed by atoms with Crippen molar-refractivity contribution in [1.29, 1.82) is 0 Å². The Balaban J connectivity index is 1.62. The van der Waals surface area contributed by atoms with Crippen LogP contribution in [0.1, 0.15) is 0 Å². The number of hydrogen-bond acceptors (Lipinski definition) is 4. The average molecular weight is 303 g/mol. The van der Waals surface area contributed by atoms with E-state index in [-0.39, 0.29) is 5.82 Å². The minimum absolute atomic E-state index is 0.321. The van der Waals surface area contributed by atoms with Crippen LogP contribution < -0.4 is 10.0 Å². The molecule has 21 heavy (non-hydrogen) atoms. The first kappa shape index (κ1) is 13.4. The number of fused-ring (bicyclic) bond motifs is 1. The molecule has 0 aliphatic carbocycles. The molecule has 0 aliphatic rings. The zero-order chi connectivity index (χ0) is 14.7. The molecule has 7 heteroatoms. The first-order valence-corrected chi connectivity index (χ1v) is 6.88. The van der Waals surface area contributed by atoms with Crippen LogP contribution in [0.15, 0.2) is 57.9 Å². The first-order valence-electron chi connectivity index (χ1n) is 6.06. The molecule has 3 aromatic rings. The van der Waals surface area contributed by atoms with Crippen LogP contribution in [-0.4, -0.2) is 11.2 Å². The quantitative estimate of drug-likeness (QED) is 0.722. The lowest BCUT2D eigenvalue weighted by Gasteiger charge is -2.04. The van der Waals surface area contributed by atoms with Crippen LogP contribution >= 0.6 is 11.9 Å². The molecule has 2 N–H and O–H groups in total. The van der Waals surface area contributed by atoms with Gasteiger partial charge in [-0.15, -0.1) is 0 Å². The summed E-state index contributed by atoms with van der Waals surface area (Å²) in [7, 11) is 0. The van der Waals surface area contributed by atoms with Crippen molar-refractivity contribution in [2.75, 3.05) is 5.32 Å². The van der Waals surface area contributed by atoms with E-state index in [0.717, 1.165) is 22.2 Å². The van der Waals surface area contributed by atoms with Gasteiger partial charge in [0.15, 0.2) is 11.4 Å². The predicted molar refractivity (Wildman–Crippen MR) is 78.4 cm³/mol. The zero-order valence-electron chi connectivity index (χ0n) is 10.7. The number of carbonyl (C=O) groups excluding carboxylic acids is 1. The second-order valence-corrected chi connectivity index (χ2v) is 5.02. The van der Waals surface area contributed by atoms with Gasteiger partial charge >= 0.3 is 6.03 Å². The smallest absolute Gasteiger partial charge is 0.330 e. The Morgan fingerprint density at radius 2 is 1.90 bits per heavy atom. The summed E-state index contributed by atoms with van der Waals surface area (Å²) in [5.41, 5.74) is 0.596. The number of benzene rings is 2. The van der Waals surface area contributed by atoms with Gasteiger partial charge in [-0.3, -0.25) is 10.0 Å². The number of amides is 2. The highest BCUT2D eigenvalue weighted by Crippen LogP contribution is 2.22. The van der Waals surface area contributed by atoms with Crippen molar-refractivity contribution in [1.82, 2.24) is 9.88 Å². The third kappa shape index (κ3) is 3.14. The van der Waals surface area contributed by atoms with Crippen molar-refractivity contribution in [2.24, 2.45) is 0 Å². The summed E-state index contributed by atoms with van der Waals surface area (Å²) in [5, 5.41) is 7.11. The van der Waals surface area contributed by atoms with Gasteiger partial charge in [-0.25, -0.2) is 9.18 Å². The summed E-state index contributed by atoms with van der Waals surface area (Å²) < 4.78 is 20.4. The number of urea groups is 1. The van der Waals surface area contributed by atoms with Crippen LogP contribution in [0.25, 0.3) is 11.0 Å². The van der Waals surface area contributed by atoms with Crippen LogP contribution in [0.4, 0.5) is 15.0 Å². The normalized spacial score (nSPS) is 10.5. The van der Waals surface area contributed by atoms with Gasteiger partial charge in [0.25, 0.3) is 0 Å². The Morgan fingerprint density at radius 3 is 2.71 bits per heavy atom. The molecule has 3 rings (SSSR count). The van der Waals surface area contributed by atoms with E-state index in [1.54, 1.807) is 24.3 Å². The van der Waals surface area contributed by atoms with Gasteiger partial charge < -0.3 is 4.52 Å². The van der Waals surface area contributed by atoms with Gasteiger partial charge in [0.1, 0.15) is 5.82 Å². The molecule has 0 radical (unpaired) electrons. The van der Waals surface area contributed by atoms with E-state index in [9.17, 15) is 9.18 Å². The third-order valence-corrected chi connectivity index (χ3v) is 3.48.